The molecule has 1 amide bonds. The molecule has 0 bridgehead atoms. The standard InChI is InChI=1S/C22H24N4O2/c1-3-26(15-16-9-8-12-18(13-16)28-4-2)21(27)19-14-24-22(23)25-20(19)17-10-6-5-7-11-17/h5-14H,3-4,15H2,1-2H3,(H2,23,24,25). The molecule has 144 valence electrons. The quantitative estimate of drug-likeness (QED) is 0.678. The van der Waals surface area contributed by atoms with Crippen molar-refractivity contribution >= 4 is 11.9 Å². The molecule has 1 heterocycles. The summed E-state index contributed by atoms with van der Waals surface area (Å²) in [6.07, 6.45) is 1.51. The molecule has 0 aliphatic heterocycles. The smallest absolute Gasteiger partial charge is 0.257 e. The molecule has 3 aromatic rings. The number of amides is 1. The molecule has 0 radical (unpaired) electrons. The Morgan fingerprint density at radius 3 is 2.61 bits per heavy atom. The van der Waals surface area contributed by atoms with Crippen LogP contribution in [0, 0.1) is 0 Å². The first-order valence-corrected chi connectivity index (χ1v) is 9.31. The average Bonchev–Trinajstić information content (AvgIpc) is 2.72. The fourth-order valence-corrected chi connectivity index (χ4v) is 2.99. The number of carbonyl (C=O) groups is 1. The number of carbonyl (C=O) groups excluding carboxylic acids is 1. The van der Waals surface area contributed by atoms with Crippen molar-refractivity contribution in [1.29, 1.82) is 0 Å². The van der Waals surface area contributed by atoms with E-state index in [0.717, 1.165) is 16.9 Å². The van der Waals surface area contributed by atoms with Crippen molar-refractivity contribution in [2.45, 2.75) is 20.4 Å². The van der Waals surface area contributed by atoms with Crippen LogP contribution in [0.1, 0.15) is 29.8 Å². The van der Waals surface area contributed by atoms with E-state index in [1.54, 1.807) is 4.90 Å². The van der Waals surface area contributed by atoms with E-state index in [2.05, 4.69) is 9.97 Å². The summed E-state index contributed by atoms with van der Waals surface area (Å²) < 4.78 is 5.56. The molecular formula is C22H24N4O2. The van der Waals surface area contributed by atoms with Crippen LogP contribution in [0.4, 0.5) is 5.95 Å². The highest BCUT2D eigenvalue weighted by Gasteiger charge is 2.21. The van der Waals surface area contributed by atoms with Gasteiger partial charge in [0.25, 0.3) is 5.91 Å². The summed E-state index contributed by atoms with van der Waals surface area (Å²) in [7, 11) is 0. The Bertz CT molecular complexity index is 944. The Balaban J connectivity index is 1.91. The molecular weight excluding hydrogens is 352 g/mol. The van der Waals surface area contributed by atoms with Crippen LogP contribution >= 0.6 is 0 Å². The number of ether oxygens (including phenoxy) is 1. The first-order chi connectivity index (χ1) is 13.6. The van der Waals surface area contributed by atoms with Crippen LogP contribution in [-0.2, 0) is 6.54 Å². The summed E-state index contributed by atoms with van der Waals surface area (Å²) in [4.78, 5) is 23.4. The molecule has 0 atom stereocenters. The summed E-state index contributed by atoms with van der Waals surface area (Å²) in [6, 6.07) is 17.3. The van der Waals surface area contributed by atoms with E-state index in [1.807, 2.05) is 68.4 Å². The van der Waals surface area contributed by atoms with Gasteiger partial charge in [0, 0.05) is 24.8 Å². The molecule has 3 rings (SSSR count). The second-order valence-electron chi connectivity index (χ2n) is 6.26. The number of rotatable bonds is 7. The fourth-order valence-electron chi connectivity index (χ4n) is 2.99. The zero-order valence-corrected chi connectivity index (χ0v) is 16.1. The maximum absolute atomic E-state index is 13.3. The van der Waals surface area contributed by atoms with Gasteiger partial charge < -0.3 is 15.4 Å². The first-order valence-electron chi connectivity index (χ1n) is 9.31. The molecule has 0 fully saturated rings. The van der Waals surface area contributed by atoms with Gasteiger partial charge in [-0.3, -0.25) is 4.79 Å². The largest absolute Gasteiger partial charge is 0.494 e. The van der Waals surface area contributed by atoms with Gasteiger partial charge in [-0.25, -0.2) is 9.97 Å². The summed E-state index contributed by atoms with van der Waals surface area (Å²) in [6.45, 7) is 5.51. The Hall–Kier alpha value is -3.41. The predicted molar refractivity (Wildman–Crippen MR) is 110 cm³/mol. The van der Waals surface area contributed by atoms with E-state index >= 15 is 0 Å². The lowest BCUT2D eigenvalue weighted by atomic mass is 10.1. The van der Waals surface area contributed by atoms with E-state index in [-0.39, 0.29) is 11.9 Å². The second-order valence-corrected chi connectivity index (χ2v) is 6.26. The van der Waals surface area contributed by atoms with E-state index in [1.165, 1.54) is 6.20 Å². The highest BCUT2D eigenvalue weighted by atomic mass is 16.5. The number of aromatic nitrogens is 2. The zero-order valence-electron chi connectivity index (χ0n) is 16.1. The molecule has 6 heteroatoms. The highest BCUT2D eigenvalue weighted by Crippen LogP contribution is 2.24. The minimum Gasteiger partial charge on any atom is -0.494 e. The van der Waals surface area contributed by atoms with Crippen molar-refractivity contribution in [3.63, 3.8) is 0 Å². The molecule has 28 heavy (non-hydrogen) atoms. The van der Waals surface area contributed by atoms with Gasteiger partial charge in [0.1, 0.15) is 5.75 Å². The normalized spacial score (nSPS) is 10.5. The second kappa shape index (κ2) is 8.99. The SMILES string of the molecule is CCOc1cccc(CN(CC)C(=O)c2cnc(N)nc2-c2ccccc2)c1. The summed E-state index contributed by atoms with van der Waals surface area (Å²) in [5.74, 6) is 0.801. The van der Waals surface area contributed by atoms with Crippen LogP contribution < -0.4 is 10.5 Å². The number of anilines is 1. The third kappa shape index (κ3) is 4.46. The summed E-state index contributed by atoms with van der Waals surface area (Å²) in [5, 5.41) is 0. The van der Waals surface area contributed by atoms with Crippen molar-refractivity contribution in [3.8, 4) is 17.0 Å². The minimum absolute atomic E-state index is 0.136. The Morgan fingerprint density at radius 1 is 1.11 bits per heavy atom. The van der Waals surface area contributed by atoms with Crippen molar-refractivity contribution in [3.05, 3.63) is 71.9 Å². The van der Waals surface area contributed by atoms with Gasteiger partial charge >= 0.3 is 0 Å². The van der Waals surface area contributed by atoms with Crippen LogP contribution in [-0.4, -0.2) is 33.9 Å². The molecule has 0 aliphatic carbocycles. The molecule has 2 N–H and O–H groups in total. The van der Waals surface area contributed by atoms with E-state index in [4.69, 9.17) is 10.5 Å². The number of benzene rings is 2. The molecule has 0 saturated carbocycles. The van der Waals surface area contributed by atoms with Gasteiger partial charge in [0.2, 0.25) is 5.95 Å². The van der Waals surface area contributed by atoms with E-state index in [0.29, 0.717) is 31.0 Å². The van der Waals surface area contributed by atoms with E-state index < -0.39 is 0 Å². The highest BCUT2D eigenvalue weighted by molar-refractivity contribution is 5.99. The van der Waals surface area contributed by atoms with Gasteiger partial charge in [-0.05, 0) is 31.5 Å². The van der Waals surface area contributed by atoms with Crippen molar-refractivity contribution in [2.24, 2.45) is 0 Å². The van der Waals surface area contributed by atoms with Gasteiger partial charge in [0.15, 0.2) is 0 Å². The van der Waals surface area contributed by atoms with Crippen LogP contribution in [0.15, 0.2) is 60.8 Å². The molecule has 2 aromatic carbocycles. The lowest BCUT2D eigenvalue weighted by Crippen LogP contribution is -2.31. The molecule has 0 spiro atoms. The minimum atomic E-state index is -0.136. The Kier molecular flexibility index (Phi) is 6.22. The number of nitrogens with zero attached hydrogens (tertiary/aromatic N) is 3. The van der Waals surface area contributed by atoms with Crippen LogP contribution in [0.5, 0.6) is 5.75 Å². The first kappa shape index (κ1) is 19.4. The lowest BCUT2D eigenvalue weighted by molar-refractivity contribution is 0.0752. The van der Waals surface area contributed by atoms with Gasteiger partial charge in [0.05, 0.1) is 17.9 Å². The van der Waals surface area contributed by atoms with Crippen molar-refractivity contribution < 1.29 is 9.53 Å². The predicted octanol–water partition coefficient (Wildman–Crippen LogP) is 3.79. The maximum atomic E-state index is 13.3. The summed E-state index contributed by atoms with van der Waals surface area (Å²) in [5.41, 5.74) is 8.58. The van der Waals surface area contributed by atoms with Gasteiger partial charge in [-0.15, -0.1) is 0 Å². The number of hydrogen-bond donors (Lipinski definition) is 1. The van der Waals surface area contributed by atoms with Crippen molar-refractivity contribution in [1.82, 2.24) is 14.9 Å². The van der Waals surface area contributed by atoms with Gasteiger partial charge in [-0.2, -0.15) is 0 Å². The number of nitrogen functional groups attached to an aromatic ring is 1. The molecule has 6 nitrogen and oxygen atoms in total. The summed E-state index contributed by atoms with van der Waals surface area (Å²) >= 11 is 0. The Labute approximate surface area is 165 Å². The van der Waals surface area contributed by atoms with Crippen LogP contribution in [0.3, 0.4) is 0 Å². The average molecular weight is 376 g/mol. The maximum Gasteiger partial charge on any atom is 0.257 e. The molecule has 0 saturated heterocycles. The molecule has 0 unspecified atom stereocenters. The van der Waals surface area contributed by atoms with Crippen LogP contribution in [0.2, 0.25) is 0 Å². The van der Waals surface area contributed by atoms with E-state index in [9.17, 15) is 4.79 Å². The lowest BCUT2D eigenvalue weighted by Gasteiger charge is -2.22. The van der Waals surface area contributed by atoms with Crippen molar-refractivity contribution in [2.75, 3.05) is 18.9 Å². The third-order valence-electron chi connectivity index (χ3n) is 4.34. The zero-order chi connectivity index (χ0) is 19.9. The monoisotopic (exact) mass is 376 g/mol. The number of nitrogens with two attached hydrogens (primary N) is 1. The third-order valence-corrected chi connectivity index (χ3v) is 4.34. The fraction of sp³-hybridized carbons (Fsp3) is 0.227. The van der Waals surface area contributed by atoms with Gasteiger partial charge in [-0.1, -0.05) is 42.5 Å². The Morgan fingerprint density at radius 2 is 1.89 bits per heavy atom. The molecule has 1 aromatic heterocycles. The van der Waals surface area contributed by atoms with Crippen LogP contribution in [0.25, 0.3) is 11.3 Å². The topological polar surface area (TPSA) is 81.3 Å². The number of hydrogen-bond acceptors (Lipinski definition) is 5. The molecule has 0 aliphatic rings.